The molecule has 21 heavy (non-hydrogen) atoms. The fraction of sp³-hybridized carbons (Fsp3) is 0.600. The lowest BCUT2D eigenvalue weighted by Crippen LogP contribution is -2.32. The van der Waals surface area contributed by atoms with E-state index in [1.54, 1.807) is 14.2 Å². The summed E-state index contributed by atoms with van der Waals surface area (Å²) in [5, 5.41) is 3.88. The number of azide groups is 1. The number of methoxy groups -OCH3 is 2. The summed E-state index contributed by atoms with van der Waals surface area (Å²) in [5.41, 5.74) is 9.76. The molecular weight excluding hydrogens is 270 g/mol. The number of hydrogen-bond donors (Lipinski definition) is 0. The molecule has 1 fully saturated rings. The molecule has 0 spiro atoms. The number of benzene rings is 1. The molecule has 0 aliphatic heterocycles. The van der Waals surface area contributed by atoms with Gasteiger partial charge in [0.25, 0.3) is 0 Å². The first-order chi connectivity index (χ1) is 10.3. The van der Waals surface area contributed by atoms with Gasteiger partial charge in [0.15, 0.2) is 0 Å². The predicted molar refractivity (Wildman–Crippen MR) is 79.3 cm³/mol. The molecule has 0 bridgehead atoms. The van der Waals surface area contributed by atoms with E-state index in [2.05, 4.69) is 10.0 Å². The Labute approximate surface area is 124 Å². The van der Waals surface area contributed by atoms with Crippen LogP contribution in [0.5, 0.6) is 5.75 Å². The van der Waals surface area contributed by atoms with E-state index < -0.39 is 0 Å². The summed E-state index contributed by atoms with van der Waals surface area (Å²) in [4.78, 5) is 2.95. The first-order valence-electron chi connectivity index (χ1n) is 7.07. The standard InChI is InChI=1S/C15H21N3O3/c1-19-10-21-15-8-7-11(17-18-16)9-13(15)12-5-3-4-6-14(12)20-2/h3-6,11,13,15H,7-10H2,1-2H3/t11-,13+,15-/m1/s1. The molecule has 6 nitrogen and oxygen atoms in total. The number of hydrogen-bond acceptors (Lipinski definition) is 4. The van der Waals surface area contributed by atoms with Crippen LogP contribution in [0.2, 0.25) is 0 Å². The highest BCUT2D eigenvalue weighted by Gasteiger charge is 2.33. The maximum absolute atomic E-state index is 8.67. The van der Waals surface area contributed by atoms with Gasteiger partial charge in [0.1, 0.15) is 12.5 Å². The Hall–Kier alpha value is -1.75. The maximum atomic E-state index is 8.67. The lowest BCUT2D eigenvalue weighted by Gasteiger charge is -2.35. The van der Waals surface area contributed by atoms with Crippen LogP contribution >= 0.6 is 0 Å². The fourth-order valence-electron chi connectivity index (χ4n) is 2.95. The first-order valence-corrected chi connectivity index (χ1v) is 7.07. The van der Waals surface area contributed by atoms with Crippen LogP contribution in [0.3, 0.4) is 0 Å². The van der Waals surface area contributed by atoms with E-state index in [4.69, 9.17) is 19.7 Å². The van der Waals surface area contributed by atoms with E-state index in [1.807, 2.05) is 24.3 Å². The fourth-order valence-corrected chi connectivity index (χ4v) is 2.95. The van der Waals surface area contributed by atoms with Crippen LogP contribution in [0.4, 0.5) is 0 Å². The quantitative estimate of drug-likeness (QED) is 0.347. The largest absolute Gasteiger partial charge is 0.496 e. The average Bonchev–Trinajstić information content (AvgIpc) is 2.54. The summed E-state index contributed by atoms with van der Waals surface area (Å²) in [7, 11) is 3.28. The Morgan fingerprint density at radius 3 is 2.81 bits per heavy atom. The van der Waals surface area contributed by atoms with Crippen molar-refractivity contribution in [2.45, 2.75) is 37.3 Å². The van der Waals surface area contributed by atoms with Gasteiger partial charge in [0.2, 0.25) is 0 Å². The lowest BCUT2D eigenvalue weighted by molar-refractivity contribution is -0.0910. The average molecular weight is 291 g/mol. The zero-order valence-corrected chi connectivity index (χ0v) is 12.4. The molecule has 0 heterocycles. The minimum atomic E-state index is 0.00677. The molecule has 0 aromatic heterocycles. The minimum absolute atomic E-state index is 0.00677. The van der Waals surface area contributed by atoms with Crippen LogP contribution < -0.4 is 4.74 Å². The summed E-state index contributed by atoms with van der Waals surface area (Å²) in [5.74, 6) is 0.982. The third-order valence-corrected chi connectivity index (χ3v) is 3.91. The second kappa shape index (κ2) is 7.88. The molecule has 0 N–H and O–H groups in total. The predicted octanol–water partition coefficient (Wildman–Crippen LogP) is 3.63. The zero-order chi connectivity index (χ0) is 15.1. The van der Waals surface area contributed by atoms with E-state index in [0.717, 1.165) is 30.6 Å². The molecule has 3 atom stereocenters. The highest BCUT2D eigenvalue weighted by molar-refractivity contribution is 5.37. The normalized spacial score (nSPS) is 25.1. The molecule has 0 radical (unpaired) electrons. The van der Waals surface area contributed by atoms with Gasteiger partial charge in [-0.15, -0.1) is 0 Å². The molecule has 1 saturated carbocycles. The Morgan fingerprint density at radius 2 is 2.10 bits per heavy atom. The van der Waals surface area contributed by atoms with Crippen LogP contribution in [-0.4, -0.2) is 33.2 Å². The summed E-state index contributed by atoms with van der Waals surface area (Å²) in [6.07, 6.45) is 2.49. The summed E-state index contributed by atoms with van der Waals surface area (Å²) >= 11 is 0. The molecule has 1 aliphatic carbocycles. The van der Waals surface area contributed by atoms with Gasteiger partial charge in [0, 0.05) is 24.0 Å². The summed E-state index contributed by atoms with van der Waals surface area (Å²) in [6.45, 7) is 0.266. The van der Waals surface area contributed by atoms with Gasteiger partial charge in [-0.05, 0) is 36.4 Å². The van der Waals surface area contributed by atoms with Gasteiger partial charge >= 0.3 is 0 Å². The molecule has 114 valence electrons. The summed E-state index contributed by atoms with van der Waals surface area (Å²) < 4.78 is 16.3. The number of rotatable bonds is 6. The molecule has 1 aromatic carbocycles. The van der Waals surface area contributed by atoms with Crippen LogP contribution in [0.15, 0.2) is 29.4 Å². The van der Waals surface area contributed by atoms with Crippen molar-refractivity contribution < 1.29 is 14.2 Å². The van der Waals surface area contributed by atoms with Crippen molar-refractivity contribution in [2.75, 3.05) is 21.0 Å². The minimum Gasteiger partial charge on any atom is -0.496 e. The van der Waals surface area contributed by atoms with Crippen molar-refractivity contribution in [3.8, 4) is 5.75 Å². The number of para-hydroxylation sites is 1. The zero-order valence-electron chi connectivity index (χ0n) is 12.4. The van der Waals surface area contributed by atoms with Gasteiger partial charge in [-0.1, -0.05) is 23.3 Å². The Kier molecular flexibility index (Phi) is 5.87. The molecule has 0 saturated heterocycles. The van der Waals surface area contributed by atoms with E-state index in [1.165, 1.54) is 0 Å². The smallest absolute Gasteiger partial charge is 0.146 e. The molecule has 0 unspecified atom stereocenters. The van der Waals surface area contributed by atoms with Crippen molar-refractivity contribution in [3.63, 3.8) is 0 Å². The number of ether oxygens (including phenoxy) is 3. The van der Waals surface area contributed by atoms with E-state index in [-0.39, 0.29) is 24.9 Å². The third-order valence-electron chi connectivity index (χ3n) is 3.91. The van der Waals surface area contributed by atoms with Gasteiger partial charge < -0.3 is 14.2 Å². The SMILES string of the molecule is COCO[C@@H]1CC[C@@H](N=[N+]=[N-])C[C@H]1c1ccccc1OC. The Bertz CT molecular complexity index is 503. The lowest BCUT2D eigenvalue weighted by atomic mass is 9.79. The molecular formula is C15H21N3O3. The van der Waals surface area contributed by atoms with Gasteiger partial charge in [0.05, 0.1) is 13.2 Å². The van der Waals surface area contributed by atoms with Crippen molar-refractivity contribution in [2.24, 2.45) is 5.11 Å². The molecule has 6 heteroatoms. The molecule has 1 aromatic rings. The summed E-state index contributed by atoms with van der Waals surface area (Å²) in [6, 6.07) is 7.93. The monoisotopic (exact) mass is 291 g/mol. The van der Waals surface area contributed by atoms with Gasteiger partial charge in [-0.2, -0.15) is 0 Å². The molecule has 1 aliphatic rings. The van der Waals surface area contributed by atoms with Crippen molar-refractivity contribution >= 4 is 0 Å². The Morgan fingerprint density at radius 1 is 1.29 bits per heavy atom. The van der Waals surface area contributed by atoms with Gasteiger partial charge in [-0.3, -0.25) is 0 Å². The second-order valence-electron chi connectivity index (χ2n) is 5.13. The van der Waals surface area contributed by atoms with Crippen molar-refractivity contribution in [3.05, 3.63) is 40.3 Å². The van der Waals surface area contributed by atoms with Crippen molar-refractivity contribution in [1.29, 1.82) is 0 Å². The van der Waals surface area contributed by atoms with Crippen LogP contribution in [0, 0.1) is 0 Å². The van der Waals surface area contributed by atoms with E-state index >= 15 is 0 Å². The van der Waals surface area contributed by atoms with Crippen LogP contribution in [0.1, 0.15) is 30.7 Å². The highest BCUT2D eigenvalue weighted by Crippen LogP contribution is 2.40. The van der Waals surface area contributed by atoms with Crippen molar-refractivity contribution in [1.82, 2.24) is 0 Å². The van der Waals surface area contributed by atoms with E-state index in [9.17, 15) is 0 Å². The third kappa shape index (κ3) is 3.88. The molecule has 2 rings (SSSR count). The molecule has 0 amide bonds. The van der Waals surface area contributed by atoms with Crippen LogP contribution in [-0.2, 0) is 9.47 Å². The second-order valence-corrected chi connectivity index (χ2v) is 5.13. The maximum Gasteiger partial charge on any atom is 0.146 e. The Balaban J connectivity index is 2.25. The van der Waals surface area contributed by atoms with Crippen LogP contribution in [0.25, 0.3) is 10.4 Å². The highest BCUT2D eigenvalue weighted by atomic mass is 16.7. The first kappa shape index (κ1) is 15.6. The number of nitrogens with zero attached hydrogens (tertiary/aromatic N) is 3. The van der Waals surface area contributed by atoms with E-state index in [0.29, 0.717) is 0 Å². The topological polar surface area (TPSA) is 76.5 Å². The van der Waals surface area contributed by atoms with Gasteiger partial charge in [-0.25, -0.2) is 0 Å².